The Balaban J connectivity index is 1.49. The van der Waals surface area contributed by atoms with Gasteiger partial charge in [0.1, 0.15) is 6.04 Å². The van der Waals surface area contributed by atoms with Crippen LogP contribution in [0.5, 0.6) is 0 Å². The lowest BCUT2D eigenvalue weighted by Gasteiger charge is -2.25. The molecule has 0 spiro atoms. The van der Waals surface area contributed by atoms with Crippen LogP contribution in [0.2, 0.25) is 0 Å². The van der Waals surface area contributed by atoms with Crippen molar-refractivity contribution in [1.82, 2.24) is 9.62 Å². The van der Waals surface area contributed by atoms with E-state index >= 15 is 0 Å². The first kappa shape index (κ1) is 22.5. The summed E-state index contributed by atoms with van der Waals surface area (Å²) in [6.45, 7) is 0.291. The molecule has 2 fully saturated rings. The van der Waals surface area contributed by atoms with Gasteiger partial charge in [-0.3, -0.25) is 9.59 Å². The van der Waals surface area contributed by atoms with Crippen LogP contribution in [-0.4, -0.2) is 43.2 Å². The smallest absolute Gasteiger partial charge is 0.253 e. The molecule has 8 heteroatoms. The molecular formula is C24H29N3O4S. The van der Waals surface area contributed by atoms with Crippen molar-refractivity contribution in [3.05, 3.63) is 60.2 Å². The van der Waals surface area contributed by atoms with Gasteiger partial charge >= 0.3 is 0 Å². The lowest BCUT2D eigenvalue weighted by molar-refractivity contribution is -0.119. The number of carbonyl (C=O) groups is 2. The molecule has 32 heavy (non-hydrogen) atoms. The highest BCUT2D eigenvalue weighted by molar-refractivity contribution is 7.89. The van der Waals surface area contributed by atoms with E-state index in [0.29, 0.717) is 30.6 Å². The van der Waals surface area contributed by atoms with Crippen LogP contribution < -0.4 is 10.6 Å². The number of para-hydroxylation sites is 1. The second-order valence-electron chi connectivity index (χ2n) is 8.43. The first-order chi connectivity index (χ1) is 15.5. The Bertz CT molecular complexity index is 1070. The van der Waals surface area contributed by atoms with Gasteiger partial charge in [-0.1, -0.05) is 49.6 Å². The van der Waals surface area contributed by atoms with E-state index in [-0.39, 0.29) is 16.8 Å². The second-order valence-corrected chi connectivity index (χ2v) is 10.3. The molecule has 4 rings (SSSR count). The van der Waals surface area contributed by atoms with Crippen molar-refractivity contribution < 1.29 is 18.0 Å². The molecule has 0 radical (unpaired) electrons. The zero-order valence-corrected chi connectivity index (χ0v) is 18.8. The second kappa shape index (κ2) is 9.83. The predicted octanol–water partition coefficient (Wildman–Crippen LogP) is 3.54. The molecule has 2 aromatic rings. The van der Waals surface area contributed by atoms with Gasteiger partial charge in [0.2, 0.25) is 15.9 Å². The lowest BCUT2D eigenvalue weighted by Crippen LogP contribution is -2.43. The molecule has 2 N–H and O–H groups in total. The summed E-state index contributed by atoms with van der Waals surface area (Å²) >= 11 is 0. The third kappa shape index (κ3) is 4.86. The summed E-state index contributed by atoms with van der Waals surface area (Å²) in [5.41, 5.74) is 0.789. The minimum absolute atomic E-state index is 0.154. The topological polar surface area (TPSA) is 95.6 Å². The highest BCUT2D eigenvalue weighted by atomic mass is 32.2. The Labute approximate surface area is 189 Å². The van der Waals surface area contributed by atoms with Crippen LogP contribution >= 0.6 is 0 Å². The summed E-state index contributed by atoms with van der Waals surface area (Å²) in [6.07, 6.45) is 6.39. The number of anilines is 1. The average Bonchev–Trinajstić information content (AvgIpc) is 3.32. The zero-order valence-electron chi connectivity index (χ0n) is 18.0. The van der Waals surface area contributed by atoms with Gasteiger partial charge in [0.25, 0.3) is 5.91 Å². The molecule has 0 bridgehead atoms. The molecule has 1 aliphatic carbocycles. The molecule has 2 aliphatic rings. The number of nitrogens with zero attached hydrogens (tertiary/aromatic N) is 1. The Morgan fingerprint density at radius 3 is 2.28 bits per heavy atom. The summed E-state index contributed by atoms with van der Waals surface area (Å²) in [5.74, 6) is -0.632. The van der Waals surface area contributed by atoms with E-state index in [1.54, 1.807) is 42.5 Å². The monoisotopic (exact) mass is 455 g/mol. The van der Waals surface area contributed by atoms with E-state index in [2.05, 4.69) is 10.6 Å². The van der Waals surface area contributed by atoms with Gasteiger partial charge in [-0.15, -0.1) is 0 Å². The van der Waals surface area contributed by atoms with Crippen molar-refractivity contribution in [1.29, 1.82) is 0 Å². The van der Waals surface area contributed by atoms with Gasteiger partial charge in [-0.05, 0) is 49.9 Å². The van der Waals surface area contributed by atoms with Crippen molar-refractivity contribution in [3.8, 4) is 0 Å². The van der Waals surface area contributed by atoms with Crippen molar-refractivity contribution in [2.24, 2.45) is 0 Å². The van der Waals surface area contributed by atoms with Crippen molar-refractivity contribution >= 4 is 27.5 Å². The van der Waals surface area contributed by atoms with E-state index in [0.717, 1.165) is 25.7 Å². The molecule has 1 saturated carbocycles. The molecule has 1 saturated heterocycles. The predicted molar refractivity (Wildman–Crippen MR) is 123 cm³/mol. The molecular weight excluding hydrogens is 426 g/mol. The maximum Gasteiger partial charge on any atom is 0.253 e. The largest absolute Gasteiger partial charge is 0.349 e. The molecule has 1 heterocycles. The van der Waals surface area contributed by atoms with Gasteiger partial charge in [0.15, 0.2) is 0 Å². The highest BCUT2D eigenvalue weighted by Gasteiger charge is 2.39. The highest BCUT2D eigenvalue weighted by Crippen LogP contribution is 2.27. The summed E-state index contributed by atoms with van der Waals surface area (Å²) in [4.78, 5) is 26.2. The number of benzene rings is 2. The summed E-state index contributed by atoms with van der Waals surface area (Å²) in [7, 11) is -3.78. The van der Waals surface area contributed by atoms with Gasteiger partial charge < -0.3 is 10.6 Å². The Morgan fingerprint density at radius 1 is 0.844 bits per heavy atom. The molecule has 0 unspecified atom stereocenters. The third-order valence-corrected chi connectivity index (χ3v) is 8.15. The van der Waals surface area contributed by atoms with Crippen LogP contribution in [0.3, 0.4) is 0 Å². The van der Waals surface area contributed by atoms with E-state index in [4.69, 9.17) is 0 Å². The molecule has 0 aromatic heterocycles. The summed E-state index contributed by atoms with van der Waals surface area (Å²) in [6, 6.07) is 14.4. The lowest BCUT2D eigenvalue weighted by atomic mass is 9.95. The molecule has 170 valence electrons. The fourth-order valence-corrected chi connectivity index (χ4v) is 6.21. The minimum atomic E-state index is -3.78. The third-order valence-electron chi connectivity index (χ3n) is 6.23. The number of sulfonamides is 1. The average molecular weight is 456 g/mol. The van der Waals surface area contributed by atoms with Crippen LogP contribution in [0.1, 0.15) is 55.3 Å². The van der Waals surface area contributed by atoms with Gasteiger partial charge in [-0.2, -0.15) is 4.31 Å². The van der Waals surface area contributed by atoms with E-state index < -0.39 is 22.0 Å². The minimum Gasteiger partial charge on any atom is -0.349 e. The Morgan fingerprint density at radius 2 is 1.53 bits per heavy atom. The van der Waals surface area contributed by atoms with Gasteiger partial charge in [0.05, 0.1) is 16.1 Å². The van der Waals surface area contributed by atoms with Crippen molar-refractivity contribution in [2.45, 2.75) is 61.9 Å². The normalized spacial score (nSPS) is 20.1. The quantitative estimate of drug-likeness (QED) is 0.696. The standard InChI is InChI=1S/C24H29N3O4S/c28-23(25-18-10-3-1-4-11-18)20-14-7-8-15-21(20)26-24(29)22-16-9-17-27(22)32(30,31)19-12-5-2-6-13-19/h2,5-8,12-15,18,22H,1,3-4,9-11,16-17H2,(H,25,28)(H,26,29)/t22-/m0/s1. The number of carbonyl (C=O) groups excluding carboxylic acids is 2. The zero-order chi connectivity index (χ0) is 22.6. The van der Waals surface area contributed by atoms with E-state index in [1.807, 2.05) is 0 Å². The SMILES string of the molecule is O=C(NC1CCCCC1)c1ccccc1NC(=O)[C@@H]1CCCN1S(=O)(=O)c1ccccc1. The number of rotatable bonds is 6. The maximum atomic E-state index is 13.1. The first-order valence-corrected chi connectivity index (χ1v) is 12.7. The molecule has 7 nitrogen and oxygen atoms in total. The summed E-state index contributed by atoms with van der Waals surface area (Å²) < 4.78 is 27.4. The van der Waals surface area contributed by atoms with Crippen molar-refractivity contribution in [3.63, 3.8) is 0 Å². The van der Waals surface area contributed by atoms with Gasteiger partial charge in [-0.25, -0.2) is 8.42 Å². The molecule has 2 amide bonds. The van der Waals surface area contributed by atoms with E-state index in [9.17, 15) is 18.0 Å². The van der Waals surface area contributed by atoms with E-state index in [1.165, 1.54) is 22.9 Å². The fraction of sp³-hybridized carbons (Fsp3) is 0.417. The van der Waals surface area contributed by atoms with Crippen LogP contribution in [0, 0.1) is 0 Å². The number of nitrogens with one attached hydrogen (secondary N) is 2. The number of hydrogen-bond acceptors (Lipinski definition) is 4. The number of hydrogen-bond donors (Lipinski definition) is 2. The van der Waals surface area contributed by atoms with Crippen LogP contribution in [-0.2, 0) is 14.8 Å². The van der Waals surface area contributed by atoms with Crippen LogP contribution in [0.25, 0.3) is 0 Å². The van der Waals surface area contributed by atoms with Crippen LogP contribution in [0.15, 0.2) is 59.5 Å². The Hall–Kier alpha value is -2.71. The Kier molecular flexibility index (Phi) is 6.91. The number of amides is 2. The molecule has 1 atom stereocenters. The first-order valence-electron chi connectivity index (χ1n) is 11.2. The fourth-order valence-electron chi connectivity index (χ4n) is 4.53. The molecule has 1 aliphatic heterocycles. The molecule has 2 aromatic carbocycles. The van der Waals surface area contributed by atoms with Gasteiger partial charge in [0, 0.05) is 12.6 Å². The van der Waals surface area contributed by atoms with Crippen LogP contribution in [0.4, 0.5) is 5.69 Å². The maximum absolute atomic E-state index is 13.1. The van der Waals surface area contributed by atoms with Crippen molar-refractivity contribution in [2.75, 3.05) is 11.9 Å². The summed E-state index contributed by atoms with van der Waals surface area (Å²) in [5, 5.41) is 5.89.